The molecule has 1 aliphatic heterocycles. The molecule has 1 atom stereocenters. The average Bonchev–Trinajstić information content (AvgIpc) is 2.65. The number of carbonyl (C=O) groups is 1. The maximum atomic E-state index is 12.8. The summed E-state index contributed by atoms with van der Waals surface area (Å²) >= 11 is 0. The summed E-state index contributed by atoms with van der Waals surface area (Å²) in [6.07, 6.45) is 0. The van der Waals surface area contributed by atoms with Crippen LogP contribution in [0.25, 0.3) is 0 Å². The van der Waals surface area contributed by atoms with E-state index in [9.17, 15) is 4.79 Å². The highest BCUT2D eigenvalue weighted by molar-refractivity contribution is 5.90. The molecule has 19 heavy (non-hydrogen) atoms. The van der Waals surface area contributed by atoms with Gasteiger partial charge in [0.25, 0.3) is 0 Å². The second-order valence-electron chi connectivity index (χ2n) is 7.51. The summed E-state index contributed by atoms with van der Waals surface area (Å²) in [5.74, 6) is 0.312. The van der Waals surface area contributed by atoms with E-state index < -0.39 is 0 Å². The molecule has 0 radical (unpaired) electrons. The molecular weight excluding hydrogens is 234 g/mol. The Balaban J connectivity index is 2.49. The summed E-state index contributed by atoms with van der Waals surface area (Å²) < 4.78 is 0. The van der Waals surface area contributed by atoms with E-state index in [0.717, 1.165) is 6.54 Å². The van der Waals surface area contributed by atoms with Crippen molar-refractivity contribution in [2.45, 2.75) is 59.7 Å². The third-order valence-electron chi connectivity index (χ3n) is 3.85. The number of Topliss-reactive ketones (excluding diaryl/α,β-unsaturated/α-hetero) is 1. The van der Waals surface area contributed by atoms with Crippen LogP contribution in [0.1, 0.15) is 58.7 Å². The van der Waals surface area contributed by atoms with E-state index in [0.29, 0.717) is 5.78 Å². The van der Waals surface area contributed by atoms with Crippen molar-refractivity contribution in [1.29, 1.82) is 0 Å². The zero-order valence-electron chi connectivity index (χ0n) is 12.9. The molecule has 0 fully saturated rings. The minimum absolute atomic E-state index is 0.00933. The predicted octanol–water partition coefficient (Wildman–Crippen LogP) is 3.96. The Kier molecular flexibility index (Phi) is 3.34. The Labute approximate surface area is 116 Å². The Morgan fingerprint density at radius 3 is 2.21 bits per heavy atom. The Morgan fingerprint density at radius 1 is 1.11 bits per heavy atom. The number of ketones is 1. The molecule has 0 saturated carbocycles. The van der Waals surface area contributed by atoms with Gasteiger partial charge in [0.2, 0.25) is 0 Å². The number of fused-ring (bicyclic) bond motifs is 1. The van der Waals surface area contributed by atoms with E-state index in [1.165, 1.54) is 11.1 Å². The Bertz CT molecular complexity index is 491. The van der Waals surface area contributed by atoms with Gasteiger partial charge in [0, 0.05) is 17.5 Å². The molecule has 2 nitrogen and oxygen atoms in total. The number of carbonyl (C=O) groups excluding carboxylic acids is 1. The largest absolute Gasteiger partial charge is 0.297 e. The molecule has 0 bridgehead atoms. The summed E-state index contributed by atoms with van der Waals surface area (Å²) in [5, 5.41) is 0. The maximum Gasteiger partial charge on any atom is 0.159 e. The van der Waals surface area contributed by atoms with Gasteiger partial charge in [-0.15, -0.1) is 0 Å². The van der Waals surface area contributed by atoms with Gasteiger partial charge >= 0.3 is 0 Å². The summed E-state index contributed by atoms with van der Waals surface area (Å²) in [7, 11) is 0. The van der Waals surface area contributed by atoms with Gasteiger partial charge in [-0.05, 0) is 31.9 Å². The lowest BCUT2D eigenvalue weighted by atomic mass is 9.83. The van der Waals surface area contributed by atoms with Crippen LogP contribution < -0.4 is 0 Å². The second kappa shape index (κ2) is 4.45. The van der Waals surface area contributed by atoms with Crippen molar-refractivity contribution in [2.24, 2.45) is 5.41 Å². The lowest BCUT2D eigenvalue weighted by Crippen LogP contribution is -2.45. The van der Waals surface area contributed by atoms with Crippen LogP contribution >= 0.6 is 0 Å². The topological polar surface area (TPSA) is 20.3 Å². The molecule has 1 unspecified atom stereocenters. The first-order valence-corrected chi connectivity index (χ1v) is 7.01. The van der Waals surface area contributed by atoms with Gasteiger partial charge in [-0.25, -0.2) is 0 Å². The molecular formula is C17H25NO. The van der Waals surface area contributed by atoms with E-state index in [2.05, 4.69) is 43.9 Å². The lowest BCUT2D eigenvalue weighted by molar-refractivity contribution is -0.134. The number of hydrogen-bond donors (Lipinski definition) is 0. The molecule has 0 N–H and O–H groups in total. The molecule has 0 spiro atoms. The maximum absolute atomic E-state index is 12.8. The predicted molar refractivity (Wildman–Crippen MR) is 78.9 cm³/mol. The lowest BCUT2D eigenvalue weighted by Gasteiger charge is -2.38. The molecule has 1 heterocycles. The van der Waals surface area contributed by atoms with Crippen LogP contribution in [0.3, 0.4) is 0 Å². The fourth-order valence-corrected chi connectivity index (χ4v) is 2.71. The fraction of sp³-hybridized carbons (Fsp3) is 0.588. The molecule has 0 aromatic heterocycles. The molecule has 0 saturated heterocycles. The highest BCUT2D eigenvalue weighted by Crippen LogP contribution is 2.42. The molecule has 2 rings (SSSR count). The van der Waals surface area contributed by atoms with Crippen molar-refractivity contribution in [3.63, 3.8) is 0 Å². The summed E-state index contributed by atoms with van der Waals surface area (Å²) in [6, 6.07) is 8.24. The highest BCUT2D eigenvalue weighted by Gasteiger charge is 2.43. The van der Waals surface area contributed by atoms with Gasteiger partial charge in [-0.2, -0.15) is 0 Å². The zero-order chi connectivity index (χ0) is 14.4. The van der Waals surface area contributed by atoms with Gasteiger partial charge in [-0.3, -0.25) is 9.69 Å². The Morgan fingerprint density at radius 2 is 1.68 bits per heavy atom. The van der Waals surface area contributed by atoms with Crippen molar-refractivity contribution in [3.8, 4) is 0 Å². The summed E-state index contributed by atoms with van der Waals surface area (Å²) in [5.41, 5.74) is 2.16. The minimum atomic E-state index is -0.314. The zero-order valence-corrected chi connectivity index (χ0v) is 12.9. The first kappa shape index (κ1) is 14.3. The highest BCUT2D eigenvalue weighted by atomic mass is 16.1. The third-order valence-corrected chi connectivity index (χ3v) is 3.85. The normalized spacial score (nSPS) is 20.4. The van der Waals surface area contributed by atoms with Crippen LogP contribution in [-0.2, 0) is 11.3 Å². The smallest absolute Gasteiger partial charge is 0.159 e. The molecule has 2 heteroatoms. The number of benzene rings is 1. The van der Waals surface area contributed by atoms with Crippen LogP contribution in [0.2, 0.25) is 0 Å². The minimum Gasteiger partial charge on any atom is -0.297 e. The second-order valence-corrected chi connectivity index (χ2v) is 7.51. The van der Waals surface area contributed by atoms with Crippen LogP contribution in [0.15, 0.2) is 24.3 Å². The van der Waals surface area contributed by atoms with Gasteiger partial charge in [0.05, 0.1) is 6.04 Å². The van der Waals surface area contributed by atoms with Crippen molar-refractivity contribution in [1.82, 2.24) is 4.90 Å². The molecule has 1 aliphatic rings. The summed E-state index contributed by atoms with van der Waals surface area (Å²) in [6.45, 7) is 13.4. The Hall–Kier alpha value is -1.15. The third kappa shape index (κ3) is 2.59. The van der Waals surface area contributed by atoms with Crippen LogP contribution in [0.4, 0.5) is 0 Å². The van der Waals surface area contributed by atoms with E-state index >= 15 is 0 Å². The fourth-order valence-electron chi connectivity index (χ4n) is 2.71. The molecule has 1 aromatic rings. The first-order valence-electron chi connectivity index (χ1n) is 7.01. The number of nitrogens with zero attached hydrogens (tertiary/aromatic N) is 1. The van der Waals surface area contributed by atoms with Crippen molar-refractivity contribution in [2.75, 3.05) is 0 Å². The molecule has 104 valence electrons. The van der Waals surface area contributed by atoms with Crippen LogP contribution in [-0.4, -0.2) is 16.2 Å². The number of rotatable bonds is 1. The van der Waals surface area contributed by atoms with E-state index in [4.69, 9.17) is 0 Å². The quantitative estimate of drug-likeness (QED) is 0.761. The van der Waals surface area contributed by atoms with E-state index in [1.807, 2.05) is 26.8 Å². The van der Waals surface area contributed by atoms with E-state index in [1.54, 1.807) is 0 Å². The van der Waals surface area contributed by atoms with Crippen molar-refractivity contribution < 1.29 is 4.79 Å². The van der Waals surface area contributed by atoms with Gasteiger partial charge < -0.3 is 0 Å². The van der Waals surface area contributed by atoms with Gasteiger partial charge in [-0.1, -0.05) is 45.0 Å². The molecule has 1 aromatic carbocycles. The average molecular weight is 259 g/mol. The van der Waals surface area contributed by atoms with Crippen molar-refractivity contribution in [3.05, 3.63) is 35.4 Å². The molecule has 0 aliphatic carbocycles. The number of hydrogen-bond acceptors (Lipinski definition) is 2. The standard InChI is InChI=1S/C17H25NO/c1-16(2,3)15(19)14-13-10-8-7-9-12(13)11-18(14)17(4,5)6/h7-10,14H,11H2,1-6H3. The SMILES string of the molecule is CC(C)(C)C(=O)C1c2ccccc2CN1C(C)(C)C. The first-order chi connectivity index (χ1) is 8.62. The van der Waals surface area contributed by atoms with E-state index in [-0.39, 0.29) is 17.0 Å². The summed E-state index contributed by atoms with van der Waals surface area (Å²) in [4.78, 5) is 15.2. The molecule has 0 amide bonds. The van der Waals surface area contributed by atoms with Gasteiger partial charge in [0.15, 0.2) is 5.78 Å². The van der Waals surface area contributed by atoms with Crippen molar-refractivity contribution >= 4 is 5.78 Å². The van der Waals surface area contributed by atoms with Gasteiger partial charge in [0.1, 0.15) is 0 Å². The monoisotopic (exact) mass is 259 g/mol. The van der Waals surface area contributed by atoms with Crippen LogP contribution in [0.5, 0.6) is 0 Å². The van der Waals surface area contributed by atoms with Crippen LogP contribution in [0, 0.1) is 5.41 Å².